The van der Waals surface area contributed by atoms with E-state index in [0.717, 1.165) is 25.3 Å². The molecule has 2 heteroatoms. The predicted molar refractivity (Wildman–Crippen MR) is 47.6 cm³/mol. The van der Waals surface area contributed by atoms with Crippen molar-refractivity contribution in [2.45, 2.75) is 33.6 Å². The Labute approximate surface area is 73.7 Å². The van der Waals surface area contributed by atoms with Gasteiger partial charge in [-0.15, -0.1) is 0 Å². The van der Waals surface area contributed by atoms with Crippen molar-refractivity contribution in [1.82, 2.24) is 5.32 Å². The second kappa shape index (κ2) is 2.04. The molecule has 3 fully saturated rings. The van der Waals surface area contributed by atoms with Gasteiger partial charge in [-0.05, 0) is 24.2 Å². The van der Waals surface area contributed by atoms with Crippen molar-refractivity contribution in [3.8, 4) is 0 Å². The molecule has 68 valence electrons. The van der Waals surface area contributed by atoms with Crippen LogP contribution in [0.15, 0.2) is 0 Å². The number of carbonyl (C=O) groups excluding carboxylic acids is 1. The number of piperidine rings is 2. The third kappa shape index (κ3) is 0.782. The molecule has 12 heavy (non-hydrogen) atoms. The molecule has 0 spiro atoms. The zero-order chi connectivity index (χ0) is 8.98. The van der Waals surface area contributed by atoms with Crippen LogP contribution in [-0.2, 0) is 4.79 Å². The lowest BCUT2D eigenvalue weighted by Gasteiger charge is -2.57. The van der Waals surface area contributed by atoms with E-state index in [0.29, 0.717) is 0 Å². The number of fused-ring (bicyclic) bond motifs is 2. The standard InChI is InChI=1S/C10H17NO/c1-9(2,3)10-4-7(5-10)6-11-8(10)12/h7H,4-6H2,1-3H3,(H,11,12). The average molecular weight is 167 g/mol. The zero-order valence-electron chi connectivity index (χ0n) is 8.11. The third-order valence-electron chi connectivity index (χ3n) is 3.70. The quantitative estimate of drug-likeness (QED) is 0.583. The first-order chi connectivity index (χ1) is 5.46. The maximum Gasteiger partial charge on any atom is 0.226 e. The molecule has 0 radical (unpaired) electrons. The van der Waals surface area contributed by atoms with Gasteiger partial charge >= 0.3 is 0 Å². The predicted octanol–water partition coefficient (Wildman–Crippen LogP) is 1.56. The lowest BCUT2D eigenvalue weighted by Crippen LogP contribution is -2.63. The first kappa shape index (κ1) is 8.09. The highest BCUT2D eigenvalue weighted by molar-refractivity contribution is 5.86. The Bertz CT molecular complexity index is 220. The van der Waals surface area contributed by atoms with Gasteiger partial charge in [0.25, 0.3) is 0 Å². The molecule has 2 aliphatic heterocycles. The van der Waals surface area contributed by atoms with Gasteiger partial charge in [0.2, 0.25) is 5.91 Å². The van der Waals surface area contributed by atoms with E-state index >= 15 is 0 Å². The molecule has 0 unspecified atom stereocenters. The summed E-state index contributed by atoms with van der Waals surface area (Å²) in [4.78, 5) is 11.7. The van der Waals surface area contributed by atoms with Crippen molar-refractivity contribution in [3.05, 3.63) is 0 Å². The summed E-state index contributed by atoms with van der Waals surface area (Å²) < 4.78 is 0. The largest absolute Gasteiger partial charge is 0.355 e. The van der Waals surface area contributed by atoms with Gasteiger partial charge in [-0.3, -0.25) is 4.79 Å². The normalized spacial score (nSPS) is 40.2. The van der Waals surface area contributed by atoms with Gasteiger partial charge in [0.1, 0.15) is 0 Å². The van der Waals surface area contributed by atoms with Crippen molar-refractivity contribution >= 4 is 5.91 Å². The molecule has 1 N–H and O–H groups in total. The maximum absolute atomic E-state index is 11.7. The minimum Gasteiger partial charge on any atom is -0.355 e. The van der Waals surface area contributed by atoms with Crippen molar-refractivity contribution in [3.63, 3.8) is 0 Å². The van der Waals surface area contributed by atoms with Gasteiger partial charge in [-0.25, -0.2) is 0 Å². The molecular weight excluding hydrogens is 150 g/mol. The summed E-state index contributed by atoms with van der Waals surface area (Å²) in [5, 5.41) is 2.99. The van der Waals surface area contributed by atoms with E-state index in [1.165, 1.54) is 0 Å². The molecule has 2 nitrogen and oxygen atoms in total. The first-order valence-electron chi connectivity index (χ1n) is 4.74. The van der Waals surface area contributed by atoms with E-state index in [-0.39, 0.29) is 16.7 Å². The number of rotatable bonds is 0. The number of hydrogen-bond donors (Lipinski definition) is 1. The van der Waals surface area contributed by atoms with Crippen LogP contribution in [0.3, 0.4) is 0 Å². The topological polar surface area (TPSA) is 29.1 Å². The minimum absolute atomic E-state index is 0.0318. The maximum atomic E-state index is 11.7. The SMILES string of the molecule is CC(C)(C)C12CC(CNC1=O)C2. The summed E-state index contributed by atoms with van der Waals surface area (Å²) in [6.07, 6.45) is 2.23. The lowest BCUT2D eigenvalue weighted by molar-refractivity contribution is -0.160. The summed E-state index contributed by atoms with van der Waals surface area (Å²) in [6, 6.07) is 0. The lowest BCUT2D eigenvalue weighted by atomic mass is 9.49. The van der Waals surface area contributed by atoms with E-state index in [1.807, 2.05) is 0 Å². The van der Waals surface area contributed by atoms with Gasteiger partial charge < -0.3 is 5.32 Å². The highest BCUT2D eigenvalue weighted by Crippen LogP contribution is 2.58. The molecule has 0 aromatic rings. The van der Waals surface area contributed by atoms with E-state index < -0.39 is 0 Å². The Hall–Kier alpha value is -0.530. The second-order valence-corrected chi connectivity index (χ2v) is 5.32. The van der Waals surface area contributed by atoms with Crippen molar-refractivity contribution in [2.24, 2.45) is 16.7 Å². The number of amides is 1. The first-order valence-corrected chi connectivity index (χ1v) is 4.74. The molecular formula is C10H17NO. The highest BCUT2D eigenvalue weighted by atomic mass is 16.2. The third-order valence-corrected chi connectivity index (χ3v) is 3.70. The summed E-state index contributed by atoms with van der Waals surface area (Å²) in [5.41, 5.74) is 0.101. The summed E-state index contributed by atoms with van der Waals surface area (Å²) in [5.74, 6) is 1.06. The number of hydrogen-bond acceptors (Lipinski definition) is 1. The molecule has 1 aliphatic carbocycles. The van der Waals surface area contributed by atoms with Gasteiger partial charge in [-0.1, -0.05) is 20.8 Å². The fraction of sp³-hybridized carbons (Fsp3) is 0.900. The Kier molecular flexibility index (Phi) is 1.37. The molecule has 3 rings (SSSR count). The Balaban J connectivity index is 2.27. The van der Waals surface area contributed by atoms with Gasteiger partial charge in [0, 0.05) is 6.54 Å². The van der Waals surface area contributed by atoms with Crippen molar-refractivity contribution in [1.29, 1.82) is 0 Å². The molecule has 1 amide bonds. The molecule has 0 aromatic heterocycles. The van der Waals surface area contributed by atoms with Gasteiger partial charge in [-0.2, -0.15) is 0 Å². The Morgan fingerprint density at radius 2 is 2.00 bits per heavy atom. The highest BCUT2D eigenvalue weighted by Gasteiger charge is 2.59. The summed E-state index contributed by atoms with van der Waals surface area (Å²) >= 11 is 0. The van der Waals surface area contributed by atoms with E-state index in [9.17, 15) is 4.79 Å². The molecule has 2 saturated heterocycles. The average Bonchev–Trinajstić information content (AvgIpc) is 1.81. The van der Waals surface area contributed by atoms with E-state index in [2.05, 4.69) is 26.1 Å². The number of nitrogens with one attached hydrogen (secondary N) is 1. The molecule has 2 heterocycles. The van der Waals surface area contributed by atoms with Crippen LogP contribution in [0.4, 0.5) is 0 Å². The minimum atomic E-state index is -0.0318. The monoisotopic (exact) mass is 167 g/mol. The van der Waals surface area contributed by atoms with Gasteiger partial charge in [0.05, 0.1) is 5.41 Å². The van der Waals surface area contributed by atoms with Crippen LogP contribution in [0.1, 0.15) is 33.6 Å². The number of carbonyl (C=O) groups is 1. The van der Waals surface area contributed by atoms with Crippen LogP contribution < -0.4 is 5.32 Å². The van der Waals surface area contributed by atoms with Crippen molar-refractivity contribution < 1.29 is 4.79 Å². The van der Waals surface area contributed by atoms with E-state index in [4.69, 9.17) is 0 Å². The van der Waals surface area contributed by atoms with Crippen LogP contribution in [0.2, 0.25) is 0 Å². The van der Waals surface area contributed by atoms with Crippen LogP contribution in [0, 0.1) is 16.7 Å². The fourth-order valence-electron chi connectivity index (χ4n) is 2.61. The summed E-state index contributed by atoms with van der Waals surface area (Å²) in [6.45, 7) is 7.44. The zero-order valence-corrected chi connectivity index (χ0v) is 8.11. The van der Waals surface area contributed by atoms with Crippen LogP contribution in [0.5, 0.6) is 0 Å². The summed E-state index contributed by atoms with van der Waals surface area (Å²) in [7, 11) is 0. The van der Waals surface area contributed by atoms with Gasteiger partial charge in [0.15, 0.2) is 0 Å². The molecule has 2 bridgehead atoms. The Morgan fingerprint density at radius 1 is 1.42 bits per heavy atom. The second-order valence-electron chi connectivity index (χ2n) is 5.32. The smallest absolute Gasteiger partial charge is 0.226 e. The molecule has 3 aliphatic rings. The van der Waals surface area contributed by atoms with Crippen LogP contribution in [0.25, 0.3) is 0 Å². The molecule has 0 aromatic carbocycles. The fourth-order valence-corrected chi connectivity index (χ4v) is 2.61. The molecule has 1 saturated carbocycles. The van der Waals surface area contributed by atoms with Crippen LogP contribution in [-0.4, -0.2) is 12.5 Å². The van der Waals surface area contributed by atoms with Crippen molar-refractivity contribution in [2.75, 3.05) is 6.54 Å². The van der Waals surface area contributed by atoms with Crippen LogP contribution >= 0.6 is 0 Å². The Morgan fingerprint density at radius 3 is 2.33 bits per heavy atom. The molecule has 0 atom stereocenters. The van der Waals surface area contributed by atoms with E-state index in [1.54, 1.807) is 0 Å².